The van der Waals surface area contributed by atoms with Crippen molar-refractivity contribution in [3.8, 4) is 22.5 Å². The van der Waals surface area contributed by atoms with E-state index in [-0.39, 0.29) is 0 Å². The number of benzene rings is 9. The van der Waals surface area contributed by atoms with Crippen LogP contribution in [-0.4, -0.2) is 9.13 Å². The second-order valence-electron chi connectivity index (χ2n) is 13.7. The highest BCUT2D eigenvalue weighted by atomic mass is 16.3. The summed E-state index contributed by atoms with van der Waals surface area (Å²) in [6.45, 7) is 0. The Morgan fingerprint density at radius 2 is 0.902 bits per heavy atom. The summed E-state index contributed by atoms with van der Waals surface area (Å²) in [6, 6.07) is 61.8. The van der Waals surface area contributed by atoms with Gasteiger partial charge in [0, 0.05) is 43.7 Å². The molecule has 3 aromatic heterocycles. The molecule has 0 N–H and O–H groups in total. The molecule has 0 saturated carbocycles. The van der Waals surface area contributed by atoms with Crippen LogP contribution in [0.3, 0.4) is 0 Å². The van der Waals surface area contributed by atoms with Gasteiger partial charge in [0.05, 0.1) is 22.1 Å². The first kappa shape index (κ1) is 27.0. The van der Waals surface area contributed by atoms with Crippen LogP contribution in [0, 0.1) is 0 Å². The lowest BCUT2D eigenvalue weighted by molar-refractivity contribution is 0.669. The van der Waals surface area contributed by atoms with E-state index in [4.69, 9.17) is 4.42 Å². The number of nitrogens with zero attached hydrogens (tertiary/aromatic N) is 2. The highest BCUT2D eigenvalue weighted by Gasteiger charge is 2.21. The predicted octanol–water partition coefficient (Wildman–Crippen LogP) is 13.2. The van der Waals surface area contributed by atoms with E-state index in [1.54, 1.807) is 0 Å². The fraction of sp³-hybridized carbons (Fsp3) is 0. The molecule has 3 heteroatoms. The molecule has 12 rings (SSSR count). The van der Waals surface area contributed by atoms with Gasteiger partial charge >= 0.3 is 0 Å². The van der Waals surface area contributed by atoms with E-state index in [1.807, 2.05) is 0 Å². The highest BCUT2D eigenvalue weighted by Crippen LogP contribution is 2.46. The standard InChI is InChI=1S/C48H28N2O/c1-3-12-29(13-4-1)30-24-40-33-23-22-32(26-37(33)36-18-11-21-45-47(36)48(40)46(25-30)51-45)50-42-20-10-8-17-35(42)39-27-43-38(28-44(39)50)34-16-7-9-19-41(34)49(43)31-14-5-2-6-15-31/h1-28H. The second-order valence-corrected chi connectivity index (χ2v) is 13.7. The third kappa shape index (κ3) is 3.62. The molecule has 0 radical (unpaired) electrons. The topological polar surface area (TPSA) is 23.0 Å². The van der Waals surface area contributed by atoms with E-state index in [9.17, 15) is 0 Å². The highest BCUT2D eigenvalue weighted by molar-refractivity contribution is 6.33. The minimum atomic E-state index is 0.930. The Labute approximate surface area is 292 Å². The Morgan fingerprint density at radius 3 is 1.63 bits per heavy atom. The van der Waals surface area contributed by atoms with Gasteiger partial charge in [0.2, 0.25) is 0 Å². The van der Waals surface area contributed by atoms with E-state index in [0.717, 1.165) is 22.4 Å². The molecule has 12 aromatic rings. The fourth-order valence-electron chi connectivity index (χ4n) is 8.87. The Morgan fingerprint density at radius 1 is 0.294 bits per heavy atom. The van der Waals surface area contributed by atoms with E-state index in [1.165, 1.54) is 87.2 Å². The van der Waals surface area contributed by atoms with Crippen molar-refractivity contribution in [3.05, 3.63) is 170 Å². The maximum absolute atomic E-state index is 6.57. The predicted molar refractivity (Wildman–Crippen MR) is 214 cm³/mol. The van der Waals surface area contributed by atoms with Crippen LogP contribution >= 0.6 is 0 Å². The van der Waals surface area contributed by atoms with Gasteiger partial charge in [-0.05, 0) is 99.4 Å². The molecule has 0 spiro atoms. The number of aromatic nitrogens is 2. The monoisotopic (exact) mass is 648 g/mol. The Bertz CT molecular complexity index is 3340. The zero-order chi connectivity index (χ0) is 33.2. The van der Waals surface area contributed by atoms with Gasteiger partial charge in [0.1, 0.15) is 11.2 Å². The lowest BCUT2D eigenvalue weighted by Gasteiger charge is -2.13. The zero-order valence-corrected chi connectivity index (χ0v) is 27.5. The summed E-state index contributed by atoms with van der Waals surface area (Å²) >= 11 is 0. The summed E-state index contributed by atoms with van der Waals surface area (Å²) in [6.07, 6.45) is 0. The summed E-state index contributed by atoms with van der Waals surface area (Å²) in [5.41, 5.74) is 11.3. The van der Waals surface area contributed by atoms with E-state index >= 15 is 0 Å². The Hall–Kier alpha value is -6.84. The van der Waals surface area contributed by atoms with Gasteiger partial charge in [-0.3, -0.25) is 0 Å². The summed E-state index contributed by atoms with van der Waals surface area (Å²) in [5, 5.41) is 12.3. The van der Waals surface area contributed by atoms with Crippen LogP contribution in [0.15, 0.2) is 174 Å². The summed E-state index contributed by atoms with van der Waals surface area (Å²) in [5.74, 6) is 0. The van der Waals surface area contributed by atoms with Gasteiger partial charge in [0.25, 0.3) is 0 Å². The average Bonchev–Trinajstić information content (AvgIpc) is 3.84. The molecule has 0 bridgehead atoms. The van der Waals surface area contributed by atoms with Gasteiger partial charge in [-0.25, -0.2) is 0 Å². The largest absolute Gasteiger partial charge is 0.456 e. The minimum absolute atomic E-state index is 0.930. The maximum atomic E-state index is 6.57. The molecule has 0 aliphatic rings. The number of furan rings is 1. The van der Waals surface area contributed by atoms with Gasteiger partial charge in [0.15, 0.2) is 0 Å². The Balaban J connectivity index is 1.19. The number of hydrogen-bond acceptors (Lipinski definition) is 1. The quantitative estimate of drug-likeness (QED) is 0.175. The van der Waals surface area contributed by atoms with Crippen molar-refractivity contribution in [1.29, 1.82) is 0 Å². The molecule has 236 valence electrons. The third-order valence-corrected chi connectivity index (χ3v) is 11.0. The zero-order valence-electron chi connectivity index (χ0n) is 27.5. The van der Waals surface area contributed by atoms with Crippen LogP contribution in [0.4, 0.5) is 0 Å². The normalized spacial score (nSPS) is 12.3. The van der Waals surface area contributed by atoms with Crippen LogP contribution in [0.5, 0.6) is 0 Å². The van der Waals surface area contributed by atoms with Gasteiger partial charge in [-0.15, -0.1) is 0 Å². The van der Waals surface area contributed by atoms with Crippen molar-refractivity contribution in [3.63, 3.8) is 0 Å². The van der Waals surface area contributed by atoms with Crippen molar-refractivity contribution >= 4 is 87.1 Å². The van der Waals surface area contributed by atoms with Crippen LogP contribution in [0.1, 0.15) is 0 Å². The second kappa shape index (κ2) is 9.87. The summed E-state index contributed by atoms with van der Waals surface area (Å²) in [4.78, 5) is 0. The Kier molecular flexibility index (Phi) is 5.23. The van der Waals surface area contributed by atoms with Gasteiger partial charge < -0.3 is 13.6 Å². The third-order valence-electron chi connectivity index (χ3n) is 11.0. The molecule has 3 nitrogen and oxygen atoms in total. The molecular formula is C48H28N2O. The van der Waals surface area contributed by atoms with Crippen LogP contribution in [0.2, 0.25) is 0 Å². The first-order chi connectivity index (χ1) is 25.3. The minimum Gasteiger partial charge on any atom is -0.456 e. The van der Waals surface area contributed by atoms with Crippen molar-refractivity contribution < 1.29 is 4.42 Å². The first-order valence-electron chi connectivity index (χ1n) is 17.5. The smallest absolute Gasteiger partial charge is 0.136 e. The number of rotatable bonds is 3. The summed E-state index contributed by atoms with van der Waals surface area (Å²) in [7, 11) is 0. The lowest BCUT2D eigenvalue weighted by Crippen LogP contribution is -1.95. The van der Waals surface area contributed by atoms with Crippen molar-refractivity contribution in [2.45, 2.75) is 0 Å². The molecule has 51 heavy (non-hydrogen) atoms. The molecule has 0 saturated heterocycles. The summed E-state index contributed by atoms with van der Waals surface area (Å²) < 4.78 is 11.4. The van der Waals surface area contributed by atoms with Crippen molar-refractivity contribution in [2.24, 2.45) is 0 Å². The molecule has 9 aromatic carbocycles. The number of hydrogen-bond donors (Lipinski definition) is 0. The molecular weight excluding hydrogens is 621 g/mol. The fourth-order valence-corrected chi connectivity index (χ4v) is 8.87. The van der Waals surface area contributed by atoms with Gasteiger partial charge in [-0.2, -0.15) is 0 Å². The van der Waals surface area contributed by atoms with Crippen molar-refractivity contribution in [2.75, 3.05) is 0 Å². The number of fused-ring (bicyclic) bond motifs is 9. The van der Waals surface area contributed by atoms with Crippen LogP contribution in [0.25, 0.3) is 110 Å². The van der Waals surface area contributed by atoms with Crippen molar-refractivity contribution in [1.82, 2.24) is 9.13 Å². The van der Waals surface area contributed by atoms with Crippen LogP contribution < -0.4 is 0 Å². The molecule has 0 atom stereocenters. The number of para-hydroxylation sites is 3. The molecule has 0 aliphatic carbocycles. The molecule has 0 fully saturated rings. The maximum Gasteiger partial charge on any atom is 0.136 e. The molecule has 0 unspecified atom stereocenters. The van der Waals surface area contributed by atoms with Crippen LogP contribution in [-0.2, 0) is 0 Å². The first-order valence-corrected chi connectivity index (χ1v) is 17.5. The van der Waals surface area contributed by atoms with E-state index < -0.39 is 0 Å². The van der Waals surface area contributed by atoms with E-state index in [0.29, 0.717) is 0 Å². The van der Waals surface area contributed by atoms with Gasteiger partial charge in [-0.1, -0.05) is 103 Å². The molecule has 3 heterocycles. The average molecular weight is 649 g/mol. The molecule has 0 amide bonds. The SMILES string of the molecule is c1ccc(-c2cc3oc4cccc5c6cc(-n7c8ccccc8c8cc9c(cc87)c7ccccc7n9-c7ccccc7)ccc6c(c2)c3c45)cc1. The molecule has 0 aliphatic heterocycles. The lowest BCUT2D eigenvalue weighted by atomic mass is 9.92. The van der Waals surface area contributed by atoms with E-state index in [2.05, 4.69) is 179 Å².